The highest BCUT2D eigenvalue weighted by atomic mass is 35.5. The zero-order chi connectivity index (χ0) is 18.4. The zero-order valence-corrected chi connectivity index (χ0v) is 15.4. The van der Waals surface area contributed by atoms with Gasteiger partial charge in [-0.1, -0.05) is 38.5 Å². The second-order valence-electron chi connectivity index (χ2n) is 6.44. The summed E-state index contributed by atoms with van der Waals surface area (Å²) in [6.07, 6.45) is 2.91. The number of nitrogens with zero attached hydrogens (tertiary/aromatic N) is 2. The number of unbranched alkanes of at least 4 members (excludes halogenated alkanes) is 2. The molecule has 2 amide bonds. The maximum Gasteiger partial charge on any atom is 0.273 e. The van der Waals surface area contributed by atoms with Gasteiger partial charge >= 0.3 is 0 Å². The van der Waals surface area contributed by atoms with Crippen LogP contribution in [0.15, 0.2) is 24.3 Å². The van der Waals surface area contributed by atoms with Crippen LogP contribution in [-0.2, 0) is 11.3 Å². The zero-order valence-electron chi connectivity index (χ0n) is 14.7. The van der Waals surface area contributed by atoms with Crippen molar-refractivity contribution in [1.29, 1.82) is 0 Å². The van der Waals surface area contributed by atoms with Gasteiger partial charge in [0.15, 0.2) is 5.69 Å². The molecule has 0 saturated carbocycles. The van der Waals surface area contributed by atoms with E-state index in [1.807, 2.05) is 42.8 Å². The number of carbonyl (C=O) groups excluding carboxylic acids is 2. The summed E-state index contributed by atoms with van der Waals surface area (Å²) in [7, 11) is 0. The summed E-state index contributed by atoms with van der Waals surface area (Å²) in [4.78, 5) is 24.2. The first-order valence-corrected chi connectivity index (χ1v) is 9.10. The lowest BCUT2D eigenvalue weighted by Gasteiger charge is -2.18. The molecular weight excluding hydrogens is 340 g/mol. The van der Waals surface area contributed by atoms with Gasteiger partial charge in [-0.25, -0.2) is 0 Å². The minimum absolute atomic E-state index is 0.0923. The van der Waals surface area contributed by atoms with E-state index in [1.165, 1.54) is 0 Å². The quantitative estimate of drug-likeness (QED) is 0.529. The average Bonchev–Trinajstić information content (AvgIpc) is 2.95. The summed E-state index contributed by atoms with van der Waals surface area (Å²) in [5.74, 6) is -0.372. The van der Waals surface area contributed by atoms with Gasteiger partial charge in [0.1, 0.15) is 6.04 Å². The van der Waals surface area contributed by atoms with Crippen molar-refractivity contribution in [3.8, 4) is 0 Å². The molecule has 7 heteroatoms. The van der Waals surface area contributed by atoms with Crippen LogP contribution in [0.25, 0.3) is 10.9 Å². The average molecular weight is 365 g/mol. The number of alkyl halides is 1. The third kappa shape index (κ3) is 4.72. The number of benzene rings is 1. The second kappa shape index (κ2) is 8.85. The van der Waals surface area contributed by atoms with E-state index >= 15 is 0 Å². The monoisotopic (exact) mass is 364 g/mol. The summed E-state index contributed by atoms with van der Waals surface area (Å²) in [5, 5.41) is 7.95. The van der Waals surface area contributed by atoms with Crippen LogP contribution in [0.4, 0.5) is 0 Å². The summed E-state index contributed by atoms with van der Waals surface area (Å²) < 4.78 is 1.84. The number of halogens is 1. The second-order valence-corrected chi connectivity index (χ2v) is 6.81. The molecule has 136 valence electrons. The third-order valence-electron chi connectivity index (χ3n) is 4.14. The molecule has 1 heterocycles. The molecular formula is C18H25ClN4O2. The van der Waals surface area contributed by atoms with Crippen molar-refractivity contribution >= 4 is 34.3 Å². The van der Waals surface area contributed by atoms with Gasteiger partial charge in [0.05, 0.1) is 5.52 Å². The Morgan fingerprint density at radius 3 is 2.60 bits per heavy atom. The van der Waals surface area contributed by atoms with Crippen LogP contribution in [0.1, 0.15) is 43.6 Å². The van der Waals surface area contributed by atoms with Crippen LogP contribution in [0.2, 0.25) is 0 Å². The van der Waals surface area contributed by atoms with E-state index in [0.717, 1.165) is 30.2 Å². The number of para-hydroxylation sites is 1. The van der Waals surface area contributed by atoms with Crippen molar-refractivity contribution in [2.75, 3.05) is 5.88 Å². The Hall–Kier alpha value is -2.08. The number of hydrogen-bond acceptors (Lipinski definition) is 3. The molecule has 0 fully saturated rings. The Balaban J connectivity index is 2.25. The van der Waals surface area contributed by atoms with Crippen LogP contribution in [0.3, 0.4) is 0 Å². The maximum absolute atomic E-state index is 12.7. The van der Waals surface area contributed by atoms with Crippen LogP contribution in [0, 0.1) is 5.92 Å². The number of nitrogens with two attached hydrogens (primary N) is 1. The Bertz CT molecular complexity index is 742. The molecule has 0 aliphatic carbocycles. The smallest absolute Gasteiger partial charge is 0.273 e. The van der Waals surface area contributed by atoms with Gasteiger partial charge in [0.25, 0.3) is 5.91 Å². The number of hydrogen-bond donors (Lipinski definition) is 2. The first-order chi connectivity index (χ1) is 12.0. The van der Waals surface area contributed by atoms with Gasteiger partial charge in [0.2, 0.25) is 5.91 Å². The number of nitrogens with one attached hydrogen (secondary N) is 1. The minimum atomic E-state index is -0.722. The molecule has 2 rings (SSSR count). The van der Waals surface area contributed by atoms with Crippen molar-refractivity contribution in [3.05, 3.63) is 30.0 Å². The standard InChI is InChI=1S/C18H25ClN4O2/c1-12(2)15(17(20)24)21-18(25)16-13-8-4-5-9-14(13)23(22-16)11-7-3-6-10-19/h4-5,8-9,12,15H,3,6-7,10-11H2,1-2H3,(H2,20,24)(H,21,25)/t15-/m0/s1. The van der Waals surface area contributed by atoms with Gasteiger partial charge in [0, 0.05) is 17.8 Å². The number of amides is 2. The Kier molecular flexibility index (Phi) is 6.82. The van der Waals surface area contributed by atoms with Gasteiger partial charge < -0.3 is 11.1 Å². The van der Waals surface area contributed by atoms with Crippen LogP contribution >= 0.6 is 11.6 Å². The van der Waals surface area contributed by atoms with E-state index in [1.54, 1.807) is 0 Å². The maximum atomic E-state index is 12.7. The van der Waals surface area contributed by atoms with E-state index in [9.17, 15) is 9.59 Å². The van der Waals surface area contributed by atoms with Gasteiger partial charge in [-0.2, -0.15) is 5.10 Å². The highest BCUT2D eigenvalue weighted by Crippen LogP contribution is 2.19. The number of aryl methyl sites for hydroxylation is 1. The molecule has 0 radical (unpaired) electrons. The fraction of sp³-hybridized carbons (Fsp3) is 0.500. The topological polar surface area (TPSA) is 90.0 Å². The van der Waals surface area contributed by atoms with Crippen molar-refractivity contribution in [1.82, 2.24) is 15.1 Å². The Morgan fingerprint density at radius 2 is 1.96 bits per heavy atom. The predicted octanol–water partition coefficient (Wildman–Crippen LogP) is 2.69. The van der Waals surface area contributed by atoms with Gasteiger partial charge in [-0.05, 0) is 24.8 Å². The Labute approximate surface area is 152 Å². The van der Waals surface area contributed by atoms with Crippen LogP contribution in [-0.4, -0.2) is 33.5 Å². The molecule has 1 aromatic carbocycles. The van der Waals surface area contributed by atoms with Crippen molar-refractivity contribution in [3.63, 3.8) is 0 Å². The SMILES string of the molecule is CC(C)[C@H](NC(=O)c1nn(CCCCCCl)c2ccccc12)C(N)=O. The number of carbonyl (C=O) groups is 2. The summed E-state index contributed by atoms with van der Waals surface area (Å²) in [6.45, 7) is 4.39. The highest BCUT2D eigenvalue weighted by molar-refractivity contribution is 6.17. The normalized spacial score (nSPS) is 12.5. The summed E-state index contributed by atoms with van der Waals surface area (Å²) in [5.41, 5.74) is 6.61. The van der Waals surface area contributed by atoms with Crippen molar-refractivity contribution in [2.24, 2.45) is 11.7 Å². The number of rotatable bonds is 9. The van der Waals surface area contributed by atoms with Gasteiger partial charge in [-0.15, -0.1) is 11.6 Å². The lowest BCUT2D eigenvalue weighted by atomic mass is 10.0. The molecule has 0 aliphatic heterocycles. The molecule has 0 saturated heterocycles. The Morgan fingerprint density at radius 1 is 1.24 bits per heavy atom. The van der Waals surface area contributed by atoms with Crippen molar-refractivity contribution in [2.45, 2.75) is 45.7 Å². The van der Waals surface area contributed by atoms with E-state index in [-0.39, 0.29) is 11.8 Å². The lowest BCUT2D eigenvalue weighted by Crippen LogP contribution is -2.47. The third-order valence-corrected chi connectivity index (χ3v) is 4.40. The molecule has 1 atom stereocenters. The number of fused-ring (bicyclic) bond motifs is 1. The number of aromatic nitrogens is 2. The largest absolute Gasteiger partial charge is 0.368 e. The fourth-order valence-corrected chi connectivity index (χ4v) is 2.96. The first-order valence-electron chi connectivity index (χ1n) is 8.57. The van der Waals surface area contributed by atoms with E-state index in [2.05, 4.69) is 10.4 Å². The minimum Gasteiger partial charge on any atom is -0.368 e. The first kappa shape index (κ1) is 19.2. The molecule has 1 aromatic heterocycles. The molecule has 6 nitrogen and oxygen atoms in total. The molecule has 0 unspecified atom stereocenters. The summed E-state index contributed by atoms with van der Waals surface area (Å²) >= 11 is 5.71. The van der Waals surface area contributed by atoms with Gasteiger partial charge in [-0.3, -0.25) is 14.3 Å². The molecule has 0 bridgehead atoms. The van der Waals surface area contributed by atoms with Crippen LogP contribution < -0.4 is 11.1 Å². The molecule has 25 heavy (non-hydrogen) atoms. The number of primary amides is 1. The van der Waals surface area contributed by atoms with Crippen LogP contribution in [0.5, 0.6) is 0 Å². The molecule has 3 N–H and O–H groups in total. The van der Waals surface area contributed by atoms with E-state index < -0.39 is 11.9 Å². The van der Waals surface area contributed by atoms with E-state index in [4.69, 9.17) is 17.3 Å². The predicted molar refractivity (Wildman–Crippen MR) is 99.6 cm³/mol. The molecule has 0 aliphatic rings. The summed E-state index contributed by atoms with van der Waals surface area (Å²) in [6, 6.07) is 6.86. The highest BCUT2D eigenvalue weighted by Gasteiger charge is 2.25. The van der Waals surface area contributed by atoms with Crippen molar-refractivity contribution < 1.29 is 9.59 Å². The lowest BCUT2D eigenvalue weighted by molar-refractivity contribution is -0.120. The fourth-order valence-electron chi connectivity index (χ4n) is 2.77. The molecule has 2 aromatic rings. The molecule has 0 spiro atoms. The van der Waals surface area contributed by atoms with E-state index in [0.29, 0.717) is 18.1 Å².